The maximum Gasteiger partial charge on any atom is 0.411 e. The number of carbonyl (C=O) groups is 2. The molecule has 1 aromatic carbocycles. The fourth-order valence-corrected chi connectivity index (χ4v) is 3.28. The third-order valence-corrected chi connectivity index (χ3v) is 4.51. The minimum atomic E-state index is -1.51. The van der Waals surface area contributed by atoms with Gasteiger partial charge in [-0.25, -0.2) is 9.59 Å². The Balaban J connectivity index is 2.13. The van der Waals surface area contributed by atoms with Crippen LogP contribution in [-0.2, 0) is 25.6 Å². The van der Waals surface area contributed by atoms with E-state index in [2.05, 4.69) is 0 Å². The van der Waals surface area contributed by atoms with E-state index in [0.717, 1.165) is 5.56 Å². The maximum atomic E-state index is 12.6. The van der Waals surface area contributed by atoms with Gasteiger partial charge in [-0.2, -0.15) is 0 Å². The summed E-state index contributed by atoms with van der Waals surface area (Å²) >= 11 is 0. The van der Waals surface area contributed by atoms with Crippen LogP contribution >= 0.6 is 0 Å². The monoisotopic (exact) mass is 379 g/mol. The Morgan fingerprint density at radius 2 is 1.93 bits per heavy atom. The largest absolute Gasteiger partial charge is 0.467 e. The van der Waals surface area contributed by atoms with Gasteiger partial charge in [0.05, 0.1) is 20.3 Å². The van der Waals surface area contributed by atoms with E-state index in [1.54, 1.807) is 20.8 Å². The molecule has 0 radical (unpaired) electrons. The lowest BCUT2D eigenvalue weighted by Crippen LogP contribution is -2.62. The van der Waals surface area contributed by atoms with Crippen LogP contribution in [0.3, 0.4) is 0 Å². The summed E-state index contributed by atoms with van der Waals surface area (Å²) in [5.74, 6) is -0.665. The summed E-state index contributed by atoms with van der Waals surface area (Å²) in [6.45, 7) is 5.74. The van der Waals surface area contributed by atoms with Crippen LogP contribution in [0.2, 0.25) is 0 Å². The Kier molecular flexibility index (Phi) is 6.84. The average Bonchev–Trinajstić information content (AvgIpc) is 3.06. The first-order valence-electron chi connectivity index (χ1n) is 9.09. The Bertz CT molecular complexity index is 642. The van der Waals surface area contributed by atoms with Crippen molar-refractivity contribution in [2.75, 3.05) is 20.3 Å². The lowest BCUT2D eigenvalue weighted by Gasteiger charge is -2.39. The van der Waals surface area contributed by atoms with Gasteiger partial charge >= 0.3 is 12.1 Å². The average molecular weight is 379 g/mol. The highest BCUT2D eigenvalue weighted by Gasteiger charge is 2.56. The van der Waals surface area contributed by atoms with Gasteiger partial charge in [0.15, 0.2) is 5.54 Å². The standard InChI is InChI=1S/C20H29NO6/c1-19(2,3)27-18(24)21-12-8-11-20(21,17(23)25-4)16(22)14-26-13-15-9-6-5-7-10-15/h5-7,9-10,16,22H,8,11-14H2,1-4H3. The number of methoxy groups -OCH3 is 1. The van der Waals surface area contributed by atoms with Crippen molar-refractivity contribution in [3.8, 4) is 0 Å². The van der Waals surface area contributed by atoms with Gasteiger partial charge in [-0.15, -0.1) is 0 Å². The molecule has 1 amide bonds. The molecule has 27 heavy (non-hydrogen) atoms. The van der Waals surface area contributed by atoms with E-state index < -0.39 is 29.3 Å². The molecule has 150 valence electrons. The van der Waals surface area contributed by atoms with Gasteiger partial charge < -0.3 is 19.3 Å². The van der Waals surface area contributed by atoms with Crippen LogP contribution in [0.5, 0.6) is 0 Å². The normalized spacial score (nSPS) is 21.0. The minimum absolute atomic E-state index is 0.108. The zero-order chi connectivity index (χ0) is 20.1. The van der Waals surface area contributed by atoms with Crippen LogP contribution in [0, 0.1) is 0 Å². The second-order valence-corrected chi connectivity index (χ2v) is 7.67. The lowest BCUT2D eigenvalue weighted by molar-refractivity contribution is -0.164. The smallest absolute Gasteiger partial charge is 0.411 e. The highest BCUT2D eigenvalue weighted by molar-refractivity contribution is 5.87. The van der Waals surface area contributed by atoms with Crippen LogP contribution < -0.4 is 0 Å². The van der Waals surface area contributed by atoms with Crippen LogP contribution in [0.4, 0.5) is 4.79 Å². The highest BCUT2D eigenvalue weighted by Crippen LogP contribution is 2.35. The molecule has 2 unspecified atom stereocenters. The van der Waals surface area contributed by atoms with Crippen molar-refractivity contribution in [3.63, 3.8) is 0 Å². The summed E-state index contributed by atoms with van der Waals surface area (Å²) in [7, 11) is 1.24. The molecule has 1 N–H and O–H groups in total. The molecule has 7 heteroatoms. The second-order valence-electron chi connectivity index (χ2n) is 7.67. The fourth-order valence-electron chi connectivity index (χ4n) is 3.28. The van der Waals surface area contributed by atoms with Crippen LogP contribution in [0.25, 0.3) is 0 Å². The second kappa shape index (κ2) is 8.71. The quantitative estimate of drug-likeness (QED) is 0.765. The van der Waals surface area contributed by atoms with Gasteiger partial charge in [-0.05, 0) is 39.2 Å². The van der Waals surface area contributed by atoms with Crippen LogP contribution in [-0.4, -0.2) is 59.6 Å². The Labute approximate surface area is 160 Å². The summed E-state index contributed by atoms with van der Waals surface area (Å²) in [6, 6.07) is 9.51. The number of ether oxygens (including phenoxy) is 3. The van der Waals surface area contributed by atoms with E-state index in [9.17, 15) is 14.7 Å². The molecule has 0 aromatic heterocycles. The summed E-state index contributed by atoms with van der Waals surface area (Å²) in [5.41, 5.74) is -1.27. The summed E-state index contributed by atoms with van der Waals surface area (Å²) < 4.78 is 16.0. The van der Waals surface area contributed by atoms with Crippen molar-refractivity contribution in [1.29, 1.82) is 0 Å². The van der Waals surface area contributed by atoms with Crippen LogP contribution in [0.1, 0.15) is 39.2 Å². The molecular formula is C20H29NO6. The van der Waals surface area contributed by atoms with E-state index >= 15 is 0 Å². The number of amides is 1. The highest BCUT2D eigenvalue weighted by atomic mass is 16.6. The Morgan fingerprint density at radius 3 is 2.52 bits per heavy atom. The molecule has 1 aliphatic rings. The van der Waals surface area contributed by atoms with Gasteiger partial charge in [0, 0.05) is 6.54 Å². The topological polar surface area (TPSA) is 85.3 Å². The first-order chi connectivity index (χ1) is 12.7. The minimum Gasteiger partial charge on any atom is -0.467 e. The summed E-state index contributed by atoms with van der Waals surface area (Å²) in [4.78, 5) is 26.5. The van der Waals surface area contributed by atoms with E-state index in [0.29, 0.717) is 19.6 Å². The van der Waals surface area contributed by atoms with Crippen molar-refractivity contribution in [3.05, 3.63) is 35.9 Å². The first-order valence-corrected chi connectivity index (χ1v) is 9.09. The predicted octanol–water partition coefficient (Wildman–Crippen LogP) is 2.51. The molecular weight excluding hydrogens is 350 g/mol. The fraction of sp³-hybridized carbons (Fsp3) is 0.600. The van der Waals surface area contributed by atoms with Gasteiger partial charge in [0.1, 0.15) is 11.7 Å². The van der Waals surface area contributed by atoms with Crippen molar-refractivity contribution < 1.29 is 28.9 Å². The molecule has 2 atom stereocenters. The molecule has 1 saturated heterocycles. The number of likely N-dealkylation sites (tertiary alicyclic amines) is 1. The number of benzene rings is 1. The van der Waals surface area contributed by atoms with E-state index in [4.69, 9.17) is 14.2 Å². The molecule has 2 rings (SSSR count). The lowest BCUT2D eigenvalue weighted by atomic mass is 9.89. The third kappa shape index (κ3) is 4.99. The van der Waals surface area contributed by atoms with Crippen molar-refractivity contribution in [2.24, 2.45) is 0 Å². The first kappa shape index (κ1) is 21.2. The Hall–Kier alpha value is -2.12. The number of nitrogens with zero attached hydrogens (tertiary/aromatic N) is 1. The molecule has 1 fully saturated rings. The Morgan fingerprint density at radius 1 is 1.26 bits per heavy atom. The number of aliphatic hydroxyl groups excluding tert-OH is 1. The number of carbonyl (C=O) groups excluding carboxylic acids is 2. The maximum absolute atomic E-state index is 12.6. The van der Waals surface area contributed by atoms with Crippen molar-refractivity contribution in [2.45, 2.75) is 57.5 Å². The number of hydrogen-bond donors (Lipinski definition) is 1. The van der Waals surface area contributed by atoms with E-state index in [1.165, 1.54) is 12.0 Å². The summed E-state index contributed by atoms with van der Waals surface area (Å²) in [6.07, 6.45) is -1.03. The zero-order valence-corrected chi connectivity index (χ0v) is 16.4. The molecule has 1 aliphatic heterocycles. The molecule has 1 heterocycles. The molecule has 0 aliphatic carbocycles. The van der Waals surface area contributed by atoms with Crippen molar-refractivity contribution in [1.82, 2.24) is 4.90 Å². The number of rotatable bonds is 6. The number of esters is 1. The van der Waals surface area contributed by atoms with Crippen LogP contribution in [0.15, 0.2) is 30.3 Å². The van der Waals surface area contributed by atoms with Gasteiger partial charge in [-0.1, -0.05) is 30.3 Å². The third-order valence-electron chi connectivity index (χ3n) is 4.51. The van der Waals surface area contributed by atoms with E-state index in [1.807, 2.05) is 30.3 Å². The van der Waals surface area contributed by atoms with E-state index in [-0.39, 0.29) is 13.0 Å². The van der Waals surface area contributed by atoms with Gasteiger partial charge in [-0.3, -0.25) is 4.90 Å². The summed E-state index contributed by atoms with van der Waals surface area (Å²) in [5, 5.41) is 10.8. The SMILES string of the molecule is COC(=O)C1(C(O)COCc2ccccc2)CCCN1C(=O)OC(C)(C)C. The zero-order valence-electron chi connectivity index (χ0n) is 16.4. The number of hydrogen-bond acceptors (Lipinski definition) is 6. The number of aliphatic hydroxyl groups is 1. The van der Waals surface area contributed by atoms with Gasteiger partial charge in [0.25, 0.3) is 0 Å². The predicted molar refractivity (Wildman–Crippen MR) is 99.0 cm³/mol. The molecule has 0 spiro atoms. The molecule has 0 bridgehead atoms. The molecule has 0 saturated carbocycles. The van der Waals surface area contributed by atoms with Gasteiger partial charge in [0.2, 0.25) is 0 Å². The van der Waals surface area contributed by atoms with Crippen molar-refractivity contribution >= 4 is 12.1 Å². The molecule has 1 aromatic rings. The molecule has 7 nitrogen and oxygen atoms in total.